The zero-order valence-electron chi connectivity index (χ0n) is 8.46. The van der Waals surface area contributed by atoms with Crippen LogP contribution in [-0.2, 0) is 6.42 Å². The highest BCUT2D eigenvalue weighted by Gasteiger charge is 2.38. The van der Waals surface area contributed by atoms with Crippen LogP contribution in [0.2, 0.25) is 0 Å². The van der Waals surface area contributed by atoms with Gasteiger partial charge in [0.1, 0.15) is 18.2 Å². The number of carbonyl (C=O) groups is 1. The maximum Gasteiger partial charge on any atom is 0.359 e. The predicted molar refractivity (Wildman–Crippen MR) is 54.9 cm³/mol. The van der Waals surface area contributed by atoms with E-state index in [1.165, 1.54) is 0 Å². The predicted octanol–water partition coefficient (Wildman–Crippen LogP) is 0.639. The van der Waals surface area contributed by atoms with Crippen molar-refractivity contribution in [3.05, 3.63) is 42.7 Å². The summed E-state index contributed by atoms with van der Waals surface area (Å²) in [6, 6.07) is 3.41. The lowest BCUT2D eigenvalue weighted by molar-refractivity contribution is -0.553. The van der Waals surface area contributed by atoms with E-state index in [4.69, 9.17) is 4.42 Å². The standard InChI is InChI=1S/C11H9N3O2/c15-11-9(6-8-2-1-5-16-8)13-10-7-12-3-4-14(10)11/h1-5,7,9H,6H2/p+1. The average Bonchev–Trinajstić information content (AvgIpc) is 2.90. The molecule has 3 heterocycles. The van der Waals surface area contributed by atoms with Crippen molar-refractivity contribution < 1.29 is 13.8 Å². The first-order valence-electron chi connectivity index (χ1n) is 5.03. The molecule has 16 heavy (non-hydrogen) atoms. The molecule has 0 saturated heterocycles. The summed E-state index contributed by atoms with van der Waals surface area (Å²) < 4.78 is 6.80. The lowest BCUT2D eigenvalue weighted by Crippen LogP contribution is -2.43. The molecule has 0 amide bonds. The lowest BCUT2D eigenvalue weighted by atomic mass is 10.2. The minimum Gasteiger partial charge on any atom is -0.469 e. The average molecular weight is 216 g/mol. The highest BCUT2D eigenvalue weighted by molar-refractivity contribution is 5.81. The molecule has 1 atom stereocenters. The Balaban J connectivity index is 1.85. The monoisotopic (exact) mass is 216 g/mol. The Morgan fingerprint density at radius 3 is 3.25 bits per heavy atom. The molecule has 0 radical (unpaired) electrons. The van der Waals surface area contributed by atoms with E-state index in [9.17, 15) is 4.79 Å². The fraction of sp³-hybridized carbons (Fsp3) is 0.182. The molecule has 80 valence electrons. The van der Waals surface area contributed by atoms with Gasteiger partial charge in [0, 0.05) is 0 Å². The maximum absolute atomic E-state index is 12.0. The number of nitrogens with one attached hydrogen (secondary N) is 1. The molecule has 0 saturated carbocycles. The minimum absolute atomic E-state index is 0.0220. The zero-order valence-corrected chi connectivity index (χ0v) is 8.46. The van der Waals surface area contributed by atoms with Crippen molar-refractivity contribution in [2.24, 2.45) is 0 Å². The van der Waals surface area contributed by atoms with Crippen LogP contribution in [0.1, 0.15) is 10.6 Å². The van der Waals surface area contributed by atoms with Crippen molar-refractivity contribution in [1.82, 2.24) is 4.98 Å². The molecular formula is C11H10N3O2+. The highest BCUT2D eigenvalue weighted by atomic mass is 16.3. The topological polar surface area (TPSA) is 59.0 Å². The number of anilines is 1. The molecule has 3 rings (SSSR count). The molecule has 1 unspecified atom stereocenters. The summed E-state index contributed by atoms with van der Waals surface area (Å²) in [7, 11) is 0. The van der Waals surface area contributed by atoms with Crippen LogP contribution in [0.15, 0.2) is 41.4 Å². The van der Waals surface area contributed by atoms with Crippen molar-refractivity contribution in [3.63, 3.8) is 0 Å². The molecule has 0 aliphatic carbocycles. The molecular weight excluding hydrogens is 206 g/mol. The number of carbonyl (C=O) groups excluding carboxylic acids is 1. The van der Waals surface area contributed by atoms with Gasteiger partial charge in [0.05, 0.1) is 18.9 Å². The van der Waals surface area contributed by atoms with Crippen LogP contribution in [0, 0.1) is 0 Å². The maximum atomic E-state index is 12.0. The number of rotatable bonds is 2. The third kappa shape index (κ3) is 1.37. The zero-order chi connectivity index (χ0) is 11.0. The smallest absolute Gasteiger partial charge is 0.359 e. The van der Waals surface area contributed by atoms with Crippen molar-refractivity contribution >= 4 is 11.7 Å². The van der Waals surface area contributed by atoms with Crippen LogP contribution in [-0.4, -0.2) is 16.9 Å². The third-order valence-corrected chi connectivity index (χ3v) is 2.60. The van der Waals surface area contributed by atoms with Gasteiger partial charge in [0.25, 0.3) is 0 Å². The van der Waals surface area contributed by atoms with Gasteiger partial charge in [0.15, 0.2) is 0 Å². The van der Waals surface area contributed by atoms with E-state index < -0.39 is 0 Å². The van der Waals surface area contributed by atoms with Gasteiger partial charge in [-0.1, -0.05) is 0 Å². The van der Waals surface area contributed by atoms with Crippen LogP contribution in [0.3, 0.4) is 0 Å². The Kier molecular flexibility index (Phi) is 1.96. The van der Waals surface area contributed by atoms with Crippen LogP contribution >= 0.6 is 0 Å². The second-order valence-corrected chi connectivity index (χ2v) is 3.65. The molecule has 2 aromatic heterocycles. The number of nitrogens with zero attached hydrogens (tertiary/aromatic N) is 2. The van der Waals surface area contributed by atoms with E-state index in [0.29, 0.717) is 6.42 Å². The summed E-state index contributed by atoms with van der Waals surface area (Å²) in [4.78, 5) is 15.9. The van der Waals surface area contributed by atoms with E-state index >= 15 is 0 Å². The van der Waals surface area contributed by atoms with E-state index in [1.54, 1.807) is 29.4 Å². The van der Waals surface area contributed by atoms with Gasteiger partial charge in [-0.2, -0.15) is 4.57 Å². The number of hydrogen-bond donors (Lipinski definition) is 1. The second kappa shape index (κ2) is 3.44. The minimum atomic E-state index is -0.268. The Morgan fingerprint density at radius 2 is 2.50 bits per heavy atom. The normalized spacial score (nSPS) is 18.2. The highest BCUT2D eigenvalue weighted by Crippen LogP contribution is 2.13. The van der Waals surface area contributed by atoms with Crippen molar-refractivity contribution in [2.45, 2.75) is 12.5 Å². The van der Waals surface area contributed by atoms with E-state index in [2.05, 4.69) is 10.3 Å². The molecule has 0 fully saturated rings. The van der Waals surface area contributed by atoms with Crippen molar-refractivity contribution in [2.75, 3.05) is 5.32 Å². The molecule has 1 aliphatic heterocycles. The first kappa shape index (κ1) is 9.08. The molecule has 0 aromatic carbocycles. The molecule has 1 N–H and O–H groups in total. The molecule has 5 heteroatoms. The first-order chi connectivity index (χ1) is 7.84. The fourth-order valence-electron chi connectivity index (χ4n) is 1.84. The van der Waals surface area contributed by atoms with Gasteiger partial charge in [-0.05, 0) is 12.1 Å². The number of aromatic nitrogens is 2. The summed E-state index contributed by atoms with van der Waals surface area (Å²) >= 11 is 0. The molecule has 1 aliphatic rings. The SMILES string of the molecule is O=C1C(Cc2ccco2)Nc2cncc[n+]21. The Bertz CT molecular complexity index is 520. The largest absolute Gasteiger partial charge is 0.469 e. The van der Waals surface area contributed by atoms with Crippen LogP contribution in [0.5, 0.6) is 0 Å². The molecule has 0 spiro atoms. The summed E-state index contributed by atoms with van der Waals surface area (Å²) in [5.41, 5.74) is 0. The van der Waals surface area contributed by atoms with Crippen LogP contribution < -0.4 is 9.88 Å². The third-order valence-electron chi connectivity index (χ3n) is 2.60. The quantitative estimate of drug-likeness (QED) is 0.748. The molecule has 2 aromatic rings. The van der Waals surface area contributed by atoms with E-state index in [-0.39, 0.29) is 11.9 Å². The van der Waals surface area contributed by atoms with Gasteiger partial charge in [-0.15, -0.1) is 0 Å². The molecule has 5 nitrogen and oxygen atoms in total. The number of fused-ring (bicyclic) bond motifs is 1. The lowest BCUT2D eigenvalue weighted by Gasteiger charge is -1.98. The van der Waals surface area contributed by atoms with Crippen LogP contribution in [0.4, 0.5) is 5.82 Å². The van der Waals surface area contributed by atoms with Gasteiger partial charge >= 0.3 is 11.7 Å². The van der Waals surface area contributed by atoms with Gasteiger partial charge in [-0.3, -0.25) is 10.3 Å². The van der Waals surface area contributed by atoms with Gasteiger partial charge in [-0.25, -0.2) is 4.79 Å². The Morgan fingerprint density at radius 1 is 1.56 bits per heavy atom. The van der Waals surface area contributed by atoms with Gasteiger partial charge in [0.2, 0.25) is 6.04 Å². The first-order valence-corrected chi connectivity index (χ1v) is 5.03. The summed E-state index contributed by atoms with van der Waals surface area (Å²) in [6.07, 6.45) is 7.05. The fourth-order valence-corrected chi connectivity index (χ4v) is 1.84. The van der Waals surface area contributed by atoms with Crippen LogP contribution in [0.25, 0.3) is 0 Å². The van der Waals surface area contributed by atoms with E-state index in [1.807, 2.05) is 12.1 Å². The van der Waals surface area contributed by atoms with Crippen molar-refractivity contribution in [1.29, 1.82) is 0 Å². The Labute approximate surface area is 91.7 Å². The summed E-state index contributed by atoms with van der Waals surface area (Å²) in [6.45, 7) is 0. The second-order valence-electron chi connectivity index (χ2n) is 3.65. The van der Waals surface area contributed by atoms with E-state index in [0.717, 1.165) is 11.6 Å². The van der Waals surface area contributed by atoms with Crippen molar-refractivity contribution in [3.8, 4) is 0 Å². The summed E-state index contributed by atoms with van der Waals surface area (Å²) in [5.74, 6) is 1.55. The molecule has 0 bridgehead atoms. The number of hydrogen-bond acceptors (Lipinski definition) is 4. The summed E-state index contributed by atoms with van der Waals surface area (Å²) in [5, 5.41) is 3.11. The van der Waals surface area contributed by atoms with Gasteiger partial charge < -0.3 is 4.42 Å². The Hall–Kier alpha value is -2.17. The number of furan rings is 1.